The summed E-state index contributed by atoms with van der Waals surface area (Å²) in [7, 11) is -3.59. The third-order valence-electron chi connectivity index (χ3n) is 4.68. The van der Waals surface area contributed by atoms with E-state index in [-0.39, 0.29) is 12.4 Å². The molecule has 1 unspecified atom stereocenters. The van der Waals surface area contributed by atoms with Crippen molar-refractivity contribution in [2.75, 3.05) is 19.5 Å². The highest BCUT2D eigenvalue weighted by molar-refractivity contribution is 7.91. The number of carboxylic acids is 1. The second-order valence-electron chi connectivity index (χ2n) is 7.55. The van der Waals surface area contributed by atoms with Crippen LogP contribution in [0, 0.1) is 0 Å². The average Bonchev–Trinajstić information content (AvgIpc) is 2.63. The standard InChI is InChI=1S/C22H40O6S/c1-5-6-7-8-9-10-11-12-13-15-19(2)27-16-14-17-28-20(3)21(18-22(23)24)29(4,25)26/h21H,2-3,5-18H2,1,4H3,(H,23,24). The predicted octanol–water partition coefficient (Wildman–Crippen LogP) is 5.25. The highest BCUT2D eigenvalue weighted by Gasteiger charge is 2.28. The molecule has 1 atom stereocenters. The summed E-state index contributed by atoms with van der Waals surface area (Å²) in [4.78, 5) is 10.8. The number of hydrogen-bond donors (Lipinski definition) is 1. The molecule has 0 spiro atoms. The van der Waals surface area contributed by atoms with Crippen LogP contribution < -0.4 is 0 Å². The van der Waals surface area contributed by atoms with E-state index in [1.54, 1.807) is 0 Å². The summed E-state index contributed by atoms with van der Waals surface area (Å²) >= 11 is 0. The normalized spacial score (nSPS) is 12.3. The lowest BCUT2D eigenvalue weighted by Gasteiger charge is -2.17. The summed E-state index contributed by atoms with van der Waals surface area (Å²) in [5.74, 6) is -0.489. The van der Waals surface area contributed by atoms with Crippen LogP contribution in [-0.4, -0.2) is 44.2 Å². The third-order valence-corrected chi connectivity index (χ3v) is 6.14. The van der Waals surface area contributed by atoms with Crippen molar-refractivity contribution in [2.45, 2.75) is 89.2 Å². The lowest BCUT2D eigenvalue weighted by molar-refractivity contribution is -0.137. The number of hydrogen-bond acceptors (Lipinski definition) is 5. The quantitative estimate of drug-likeness (QED) is 0.209. The summed E-state index contributed by atoms with van der Waals surface area (Å²) in [6.07, 6.45) is 13.3. The third kappa shape index (κ3) is 16.0. The zero-order chi connectivity index (χ0) is 22.1. The summed E-state index contributed by atoms with van der Waals surface area (Å²) in [5.41, 5.74) is 0. The summed E-state index contributed by atoms with van der Waals surface area (Å²) < 4.78 is 34.2. The van der Waals surface area contributed by atoms with E-state index in [4.69, 9.17) is 14.6 Å². The maximum atomic E-state index is 11.7. The summed E-state index contributed by atoms with van der Waals surface area (Å²) in [6.45, 7) is 10.4. The molecule has 0 radical (unpaired) electrons. The smallest absolute Gasteiger partial charge is 0.305 e. The largest absolute Gasteiger partial charge is 0.498 e. The van der Waals surface area contributed by atoms with Crippen LogP contribution in [0.3, 0.4) is 0 Å². The molecule has 0 fully saturated rings. The number of unbranched alkanes of at least 4 members (excludes halogenated alkanes) is 8. The number of sulfone groups is 1. The highest BCUT2D eigenvalue weighted by Crippen LogP contribution is 2.16. The fourth-order valence-electron chi connectivity index (χ4n) is 2.94. The minimum Gasteiger partial charge on any atom is -0.498 e. The van der Waals surface area contributed by atoms with Crippen molar-refractivity contribution in [3.8, 4) is 0 Å². The Morgan fingerprint density at radius 2 is 1.41 bits per heavy atom. The molecule has 0 aromatic carbocycles. The SMILES string of the molecule is C=C(CCCCCCCCCCC)OCCCOC(=C)C(CC(=O)O)S(C)(=O)=O. The van der Waals surface area contributed by atoms with Gasteiger partial charge in [-0.15, -0.1) is 0 Å². The molecule has 0 aromatic rings. The lowest BCUT2D eigenvalue weighted by Crippen LogP contribution is -2.26. The van der Waals surface area contributed by atoms with Crippen molar-refractivity contribution >= 4 is 15.8 Å². The zero-order valence-electron chi connectivity index (χ0n) is 18.3. The molecule has 0 aliphatic carbocycles. The number of ether oxygens (including phenoxy) is 2. The first kappa shape index (κ1) is 27.5. The van der Waals surface area contributed by atoms with Crippen LogP contribution in [0.15, 0.2) is 24.7 Å². The van der Waals surface area contributed by atoms with Crippen molar-refractivity contribution < 1.29 is 27.8 Å². The Hall–Kier alpha value is -1.50. The van der Waals surface area contributed by atoms with E-state index >= 15 is 0 Å². The molecule has 0 aliphatic heterocycles. The fourth-order valence-corrected chi connectivity index (χ4v) is 3.93. The molecule has 0 rings (SSSR count). The van der Waals surface area contributed by atoms with Crippen molar-refractivity contribution in [1.82, 2.24) is 0 Å². The molecule has 0 saturated carbocycles. The number of aliphatic carboxylic acids is 1. The molecule has 170 valence electrons. The van der Waals surface area contributed by atoms with Crippen molar-refractivity contribution in [2.24, 2.45) is 0 Å². The Morgan fingerprint density at radius 1 is 0.897 bits per heavy atom. The van der Waals surface area contributed by atoms with Gasteiger partial charge in [-0.3, -0.25) is 4.79 Å². The predicted molar refractivity (Wildman–Crippen MR) is 118 cm³/mol. The number of rotatable bonds is 20. The Labute approximate surface area is 177 Å². The minimum atomic E-state index is -3.59. The molecule has 7 heteroatoms. The van der Waals surface area contributed by atoms with E-state index < -0.39 is 27.5 Å². The molecule has 6 nitrogen and oxygen atoms in total. The van der Waals surface area contributed by atoms with Gasteiger partial charge in [-0.25, -0.2) is 8.42 Å². The molecule has 0 saturated heterocycles. The van der Waals surface area contributed by atoms with Crippen LogP contribution in [-0.2, 0) is 24.1 Å². The average molecular weight is 433 g/mol. The van der Waals surface area contributed by atoms with Gasteiger partial charge in [0.05, 0.1) is 25.4 Å². The van der Waals surface area contributed by atoms with Crippen LogP contribution in [0.5, 0.6) is 0 Å². The second-order valence-corrected chi connectivity index (χ2v) is 9.78. The fraction of sp³-hybridized carbons (Fsp3) is 0.773. The minimum absolute atomic E-state index is 0.0385. The monoisotopic (exact) mass is 432 g/mol. The van der Waals surface area contributed by atoms with Gasteiger partial charge in [-0.05, 0) is 6.42 Å². The number of carboxylic acid groups (broad SMARTS) is 1. The Morgan fingerprint density at radius 3 is 1.93 bits per heavy atom. The lowest BCUT2D eigenvalue weighted by atomic mass is 10.1. The number of carbonyl (C=O) groups is 1. The van der Waals surface area contributed by atoms with Gasteiger partial charge in [0.2, 0.25) is 0 Å². The van der Waals surface area contributed by atoms with E-state index in [9.17, 15) is 13.2 Å². The van der Waals surface area contributed by atoms with Gasteiger partial charge in [0.15, 0.2) is 9.84 Å². The molecular weight excluding hydrogens is 392 g/mol. The summed E-state index contributed by atoms with van der Waals surface area (Å²) in [5, 5.41) is 7.60. The van der Waals surface area contributed by atoms with Crippen LogP contribution in [0.4, 0.5) is 0 Å². The van der Waals surface area contributed by atoms with Gasteiger partial charge in [-0.2, -0.15) is 0 Å². The van der Waals surface area contributed by atoms with E-state index in [0.717, 1.165) is 24.9 Å². The van der Waals surface area contributed by atoms with Gasteiger partial charge in [0.25, 0.3) is 0 Å². The number of allylic oxidation sites excluding steroid dienone is 1. The molecule has 0 aromatic heterocycles. The first-order chi connectivity index (χ1) is 13.7. The van der Waals surface area contributed by atoms with Crippen molar-refractivity contribution in [3.05, 3.63) is 24.7 Å². The molecule has 0 bridgehead atoms. The Balaban J connectivity index is 3.75. The maximum Gasteiger partial charge on any atom is 0.305 e. The van der Waals surface area contributed by atoms with Gasteiger partial charge in [-0.1, -0.05) is 71.4 Å². The molecule has 1 N–H and O–H groups in total. The van der Waals surface area contributed by atoms with Crippen LogP contribution in [0.2, 0.25) is 0 Å². The van der Waals surface area contributed by atoms with Crippen LogP contribution in [0.25, 0.3) is 0 Å². The van der Waals surface area contributed by atoms with E-state index in [0.29, 0.717) is 13.0 Å². The maximum absolute atomic E-state index is 11.7. The Kier molecular flexibility index (Phi) is 15.5. The molecular formula is C22H40O6S. The van der Waals surface area contributed by atoms with E-state index in [1.807, 2.05) is 0 Å². The Bertz CT molecular complexity index is 582. The van der Waals surface area contributed by atoms with Crippen LogP contribution in [0.1, 0.15) is 84.0 Å². The van der Waals surface area contributed by atoms with Gasteiger partial charge >= 0.3 is 5.97 Å². The highest BCUT2D eigenvalue weighted by atomic mass is 32.2. The van der Waals surface area contributed by atoms with Gasteiger partial charge in [0.1, 0.15) is 11.0 Å². The van der Waals surface area contributed by atoms with Crippen molar-refractivity contribution in [3.63, 3.8) is 0 Å². The topological polar surface area (TPSA) is 89.9 Å². The van der Waals surface area contributed by atoms with Crippen LogP contribution >= 0.6 is 0 Å². The first-order valence-electron chi connectivity index (χ1n) is 10.7. The summed E-state index contributed by atoms with van der Waals surface area (Å²) in [6, 6.07) is 0. The first-order valence-corrected chi connectivity index (χ1v) is 12.7. The molecule has 0 aliphatic rings. The van der Waals surface area contributed by atoms with Gasteiger partial charge < -0.3 is 14.6 Å². The van der Waals surface area contributed by atoms with E-state index in [1.165, 1.54) is 51.4 Å². The zero-order valence-corrected chi connectivity index (χ0v) is 19.1. The van der Waals surface area contributed by atoms with E-state index in [2.05, 4.69) is 20.1 Å². The van der Waals surface area contributed by atoms with Crippen molar-refractivity contribution in [1.29, 1.82) is 0 Å². The molecule has 0 heterocycles. The van der Waals surface area contributed by atoms with Gasteiger partial charge in [0, 0.05) is 19.1 Å². The molecule has 0 amide bonds. The molecule has 29 heavy (non-hydrogen) atoms. The second kappa shape index (κ2) is 16.3.